The number of allylic oxidation sites excluding steroid dienone is 2. The largest absolute Gasteiger partial charge is 0.495 e. The van der Waals surface area contributed by atoms with Gasteiger partial charge in [-0.05, 0) is 36.0 Å². The van der Waals surface area contributed by atoms with Crippen LogP contribution in [0, 0.1) is 5.92 Å². The summed E-state index contributed by atoms with van der Waals surface area (Å²) >= 11 is 0. The molecule has 0 spiro atoms. The standard InChI is InChI=1S/C15H23NO/c1-5-6-13(8-7-12(2)3)14-9-15(17-4)11-16-10-14/h8-12H,5-7H2,1-4H3/b13-8-. The molecule has 0 saturated heterocycles. The molecule has 0 radical (unpaired) electrons. The Morgan fingerprint density at radius 1 is 1.41 bits per heavy atom. The molecule has 2 heteroatoms. The summed E-state index contributed by atoms with van der Waals surface area (Å²) in [4.78, 5) is 4.22. The molecule has 0 aromatic carbocycles. The molecule has 0 aliphatic rings. The second kappa shape index (κ2) is 7.10. The van der Waals surface area contributed by atoms with Gasteiger partial charge in [0.2, 0.25) is 0 Å². The summed E-state index contributed by atoms with van der Waals surface area (Å²) in [6, 6.07) is 2.06. The van der Waals surface area contributed by atoms with Crippen molar-refractivity contribution in [2.24, 2.45) is 5.92 Å². The molecule has 0 saturated carbocycles. The Hall–Kier alpha value is -1.31. The van der Waals surface area contributed by atoms with E-state index in [9.17, 15) is 0 Å². The third kappa shape index (κ3) is 4.59. The summed E-state index contributed by atoms with van der Waals surface area (Å²) in [5.74, 6) is 1.52. The number of pyridine rings is 1. The van der Waals surface area contributed by atoms with Gasteiger partial charge in [-0.1, -0.05) is 33.3 Å². The Morgan fingerprint density at radius 3 is 2.76 bits per heavy atom. The number of rotatable bonds is 6. The second-order valence-electron chi connectivity index (χ2n) is 4.72. The van der Waals surface area contributed by atoms with E-state index in [0.717, 1.165) is 25.0 Å². The van der Waals surface area contributed by atoms with Gasteiger partial charge in [-0.25, -0.2) is 0 Å². The average Bonchev–Trinajstić information content (AvgIpc) is 2.34. The van der Waals surface area contributed by atoms with Crippen molar-refractivity contribution in [3.05, 3.63) is 30.1 Å². The van der Waals surface area contributed by atoms with Crippen molar-refractivity contribution in [2.75, 3.05) is 7.11 Å². The third-order valence-electron chi connectivity index (χ3n) is 2.67. The number of hydrogen-bond acceptors (Lipinski definition) is 2. The minimum atomic E-state index is 0.695. The molecule has 1 aromatic heterocycles. The van der Waals surface area contributed by atoms with E-state index < -0.39 is 0 Å². The SMILES string of the molecule is CCC/C(=C/CC(C)C)c1cncc(OC)c1. The molecule has 0 N–H and O–H groups in total. The van der Waals surface area contributed by atoms with Crippen molar-refractivity contribution in [3.8, 4) is 5.75 Å². The van der Waals surface area contributed by atoms with Gasteiger partial charge in [-0.2, -0.15) is 0 Å². The zero-order valence-corrected chi connectivity index (χ0v) is 11.4. The molecular weight excluding hydrogens is 210 g/mol. The first kappa shape index (κ1) is 13.8. The van der Waals surface area contributed by atoms with E-state index in [1.807, 2.05) is 6.20 Å². The highest BCUT2D eigenvalue weighted by Gasteiger charge is 2.03. The van der Waals surface area contributed by atoms with E-state index in [0.29, 0.717) is 5.92 Å². The second-order valence-corrected chi connectivity index (χ2v) is 4.72. The van der Waals surface area contributed by atoms with Crippen molar-refractivity contribution in [2.45, 2.75) is 40.0 Å². The van der Waals surface area contributed by atoms with Crippen LogP contribution in [0.4, 0.5) is 0 Å². The van der Waals surface area contributed by atoms with Crippen molar-refractivity contribution in [1.29, 1.82) is 0 Å². The first-order valence-corrected chi connectivity index (χ1v) is 6.35. The van der Waals surface area contributed by atoms with E-state index in [1.54, 1.807) is 13.3 Å². The maximum Gasteiger partial charge on any atom is 0.137 e. The number of aromatic nitrogens is 1. The molecule has 1 rings (SSSR count). The van der Waals surface area contributed by atoms with Gasteiger partial charge in [-0.15, -0.1) is 0 Å². The molecule has 0 atom stereocenters. The maximum atomic E-state index is 5.22. The minimum absolute atomic E-state index is 0.695. The predicted octanol–water partition coefficient (Wildman–Crippen LogP) is 4.32. The molecule has 17 heavy (non-hydrogen) atoms. The summed E-state index contributed by atoms with van der Waals surface area (Å²) in [6.07, 6.45) is 9.37. The highest BCUT2D eigenvalue weighted by atomic mass is 16.5. The van der Waals surface area contributed by atoms with Gasteiger partial charge in [0.05, 0.1) is 13.3 Å². The molecule has 0 fully saturated rings. The third-order valence-corrected chi connectivity index (χ3v) is 2.67. The zero-order chi connectivity index (χ0) is 12.7. The quantitative estimate of drug-likeness (QED) is 0.730. The molecule has 1 heterocycles. The Balaban J connectivity index is 2.91. The van der Waals surface area contributed by atoms with Crippen molar-refractivity contribution in [1.82, 2.24) is 4.98 Å². The smallest absolute Gasteiger partial charge is 0.137 e. The first-order chi connectivity index (χ1) is 8.17. The molecular formula is C15H23NO. The maximum absolute atomic E-state index is 5.22. The molecule has 0 aliphatic carbocycles. The highest BCUT2D eigenvalue weighted by molar-refractivity contribution is 5.65. The van der Waals surface area contributed by atoms with Crippen molar-refractivity contribution >= 4 is 5.57 Å². The van der Waals surface area contributed by atoms with Gasteiger partial charge < -0.3 is 4.74 Å². The van der Waals surface area contributed by atoms with Crippen LogP contribution in [0.2, 0.25) is 0 Å². The summed E-state index contributed by atoms with van der Waals surface area (Å²) in [6.45, 7) is 6.69. The molecule has 2 nitrogen and oxygen atoms in total. The molecule has 0 aliphatic heterocycles. The lowest BCUT2D eigenvalue weighted by Gasteiger charge is -2.09. The van der Waals surface area contributed by atoms with E-state index >= 15 is 0 Å². The molecule has 0 bridgehead atoms. The van der Waals surface area contributed by atoms with Crippen molar-refractivity contribution < 1.29 is 4.74 Å². The fourth-order valence-corrected chi connectivity index (χ4v) is 1.72. The fourth-order valence-electron chi connectivity index (χ4n) is 1.72. The Kier molecular flexibility index (Phi) is 5.75. The van der Waals surface area contributed by atoms with Gasteiger partial charge in [-0.3, -0.25) is 4.98 Å². The monoisotopic (exact) mass is 233 g/mol. The van der Waals surface area contributed by atoms with Crippen LogP contribution in [0.1, 0.15) is 45.6 Å². The van der Waals surface area contributed by atoms with Gasteiger partial charge in [0.25, 0.3) is 0 Å². The van der Waals surface area contributed by atoms with Gasteiger partial charge >= 0.3 is 0 Å². The predicted molar refractivity (Wildman–Crippen MR) is 73.1 cm³/mol. The van der Waals surface area contributed by atoms with Crippen LogP contribution in [0.5, 0.6) is 5.75 Å². The zero-order valence-electron chi connectivity index (χ0n) is 11.4. The molecule has 0 amide bonds. The summed E-state index contributed by atoms with van der Waals surface area (Å²) < 4.78 is 5.22. The Bertz CT molecular complexity index is 369. The highest BCUT2D eigenvalue weighted by Crippen LogP contribution is 2.24. The molecule has 0 unspecified atom stereocenters. The first-order valence-electron chi connectivity index (χ1n) is 6.35. The van der Waals surface area contributed by atoms with Crippen LogP contribution in [-0.2, 0) is 0 Å². The van der Waals surface area contributed by atoms with Gasteiger partial charge in [0.1, 0.15) is 5.75 Å². The normalized spacial score (nSPS) is 11.9. The number of hydrogen-bond donors (Lipinski definition) is 0. The van der Waals surface area contributed by atoms with Gasteiger partial charge in [0, 0.05) is 6.20 Å². The number of ether oxygens (including phenoxy) is 1. The molecule has 94 valence electrons. The van der Waals surface area contributed by atoms with E-state index in [2.05, 4.69) is 37.9 Å². The van der Waals surface area contributed by atoms with Crippen LogP contribution in [0.15, 0.2) is 24.5 Å². The number of methoxy groups -OCH3 is 1. The van der Waals surface area contributed by atoms with Gasteiger partial charge in [0.15, 0.2) is 0 Å². The lowest BCUT2D eigenvalue weighted by Crippen LogP contribution is -1.91. The summed E-state index contributed by atoms with van der Waals surface area (Å²) in [7, 11) is 1.68. The topological polar surface area (TPSA) is 22.1 Å². The van der Waals surface area contributed by atoms with Crippen LogP contribution in [-0.4, -0.2) is 12.1 Å². The van der Waals surface area contributed by atoms with Crippen molar-refractivity contribution in [3.63, 3.8) is 0 Å². The van der Waals surface area contributed by atoms with E-state index in [-0.39, 0.29) is 0 Å². The minimum Gasteiger partial charge on any atom is -0.495 e. The van der Waals surface area contributed by atoms with Crippen LogP contribution in [0.3, 0.4) is 0 Å². The Morgan fingerprint density at radius 2 is 2.18 bits per heavy atom. The summed E-state index contributed by atoms with van der Waals surface area (Å²) in [5, 5.41) is 0. The fraction of sp³-hybridized carbons (Fsp3) is 0.533. The van der Waals surface area contributed by atoms with E-state index in [1.165, 1.54) is 11.1 Å². The lowest BCUT2D eigenvalue weighted by molar-refractivity contribution is 0.412. The Labute approximate surface area is 105 Å². The average molecular weight is 233 g/mol. The van der Waals surface area contributed by atoms with Crippen LogP contribution < -0.4 is 4.74 Å². The number of nitrogens with zero attached hydrogens (tertiary/aromatic N) is 1. The lowest BCUT2D eigenvalue weighted by atomic mass is 9.99. The molecule has 1 aromatic rings. The van der Waals surface area contributed by atoms with E-state index in [4.69, 9.17) is 4.74 Å². The van der Waals surface area contributed by atoms with Crippen LogP contribution in [0.25, 0.3) is 5.57 Å². The van der Waals surface area contributed by atoms with Crippen LogP contribution >= 0.6 is 0 Å². The summed E-state index contributed by atoms with van der Waals surface area (Å²) in [5.41, 5.74) is 2.57.